The van der Waals surface area contributed by atoms with Crippen molar-refractivity contribution in [1.29, 1.82) is 0 Å². The second-order valence-corrected chi connectivity index (χ2v) is 11.3. The highest BCUT2D eigenvalue weighted by Gasteiger charge is 2.56. The summed E-state index contributed by atoms with van der Waals surface area (Å²) in [5, 5.41) is 0. The maximum Gasteiger partial charge on any atom is 0.362 e. The van der Waals surface area contributed by atoms with Crippen LogP contribution >= 0.6 is 0 Å². The molecule has 2 saturated heterocycles. The van der Waals surface area contributed by atoms with E-state index in [9.17, 15) is 17.6 Å². The van der Waals surface area contributed by atoms with Crippen molar-refractivity contribution in [2.45, 2.75) is 64.9 Å². The number of anilines is 1. The monoisotopic (exact) mass is 609 g/mol. The van der Waals surface area contributed by atoms with Crippen molar-refractivity contribution in [3.05, 3.63) is 48.3 Å². The largest absolute Gasteiger partial charge is 0.382 e. The van der Waals surface area contributed by atoms with Crippen LogP contribution in [0.2, 0.25) is 0 Å². The molecule has 0 unspecified atom stereocenters. The van der Waals surface area contributed by atoms with Gasteiger partial charge in [-0.3, -0.25) is 13.5 Å². The number of amides is 1. The number of fused-ring (bicyclic) bond motifs is 2. The number of halogens is 1. The lowest BCUT2D eigenvalue weighted by Gasteiger charge is -2.24. The molecule has 3 N–H and O–H groups in total. The number of aromatic nitrogens is 4. The summed E-state index contributed by atoms with van der Waals surface area (Å²) >= 11 is 0. The van der Waals surface area contributed by atoms with E-state index in [4.69, 9.17) is 24.1 Å². The Bertz CT molecular complexity index is 1490. The second-order valence-electron chi connectivity index (χ2n) is 9.98. The van der Waals surface area contributed by atoms with Crippen molar-refractivity contribution >= 4 is 33.2 Å². The Balaban J connectivity index is 0.000000517. The Hall–Kier alpha value is -3.28. The summed E-state index contributed by atoms with van der Waals surface area (Å²) in [6, 6.07) is 4.95. The third-order valence-corrected chi connectivity index (χ3v) is 7.73. The summed E-state index contributed by atoms with van der Waals surface area (Å²) in [6.07, 6.45) is -0.356. The molecule has 5 rings (SSSR count). The van der Waals surface area contributed by atoms with Gasteiger partial charge in [0.2, 0.25) is 0 Å². The van der Waals surface area contributed by atoms with E-state index in [2.05, 4.69) is 40.6 Å². The van der Waals surface area contributed by atoms with Gasteiger partial charge in [-0.1, -0.05) is 32.9 Å². The summed E-state index contributed by atoms with van der Waals surface area (Å²) in [6.45, 7) is 13.0. The molecule has 2 fully saturated rings. The van der Waals surface area contributed by atoms with Gasteiger partial charge in [-0.2, -0.15) is 8.42 Å². The highest BCUT2D eigenvalue weighted by molar-refractivity contribution is 7.85. The van der Waals surface area contributed by atoms with Crippen LogP contribution in [0.3, 0.4) is 0 Å². The van der Waals surface area contributed by atoms with Crippen LogP contribution in [0.1, 0.15) is 51.2 Å². The molecule has 3 aromatic rings. The molecule has 42 heavy (non-hydrogen) atoms. The zero-order chi connectivity index (χ0) is 30.7. The number of ether oxygens (including phenoxy) is 3. The van der Waals surface area contributed by atoms with Gasteiger partial charge in [-0.05, 0) is 45.6 Å². The molecule has 4 atom stereocenters. The van der Waals surface area contributed by atoms with E-state index in [1.807, 2.05) is 0 Å². The first kappa shape index (κ1) is 31.7. The van der Waals surface area contributed by atoms with Gasteiger partial charge < -0.3 is 24.8 Å². The molecule has 4 heterocycles. The number of nitrogens with two attached hydrogens (primary N) is 1. The number of carbonyl (C=O) groups excluding carboxylic acids is 1. The zero-order valence-corrected chi connectivity index (χ0v) is 24.9. The molecule has 0 saturated carbocycles. The van der Waals surface area contributed by atoms with Crippen LogP contribution in [0.5, 0.6) is 0 Å². The predicted octanol–water partition coefficient (Wildman–Crippen LogP) is 2.00. The normalized spacial score (nSPS) is 23.0. The number of nitrogens with one attached hydrogen (secondary N) is 1. The number of hydrogen-bond acceptors (Lipinski definition) is 12. The topological polar surface area (TPSA) is 173 Å². The maximum atomic E-state index is 13.8. The van der Waals surface area contributed by atoms with Gasteiger partial charge in [0.05, 0.1) is 18.5 Å². The smallest absolute Gasteiger partial charge is 0.362 e. The van der Waals surface area contributed by atoms with Crippen molar-refractivity contribution in [2.75, 3.05) is 32.0 Å². The van der Waals surface area contributed by atoms with Crippen LogP contribution in [0, 0.1) is 5.82 Å². The van der Waals surface area contributed by atoms with Crippen LogP contribution in [0.25, 0.3) is 11.2 Å². The Morgan fingerprint density at radius 1 is 1.12 bits per heavy atom. The van der Waals surface area contributed by atoms with Gasteiger partial charge in [0.1, 0.15) is 36.0 Å². The quantitative estimate of drug-likeness (QED) is 0.362. The maximum absolute atomic E-state index is 13.8. The summed E-state index contributed by atoms with van der Waals surface area (Å²) in [5.41, 5.74) is 6.17. The van der Waals surface area contributed by atoms with Crippen molar-refractivity contribution in [2.24, 2.45) is 0 Å². The van der Waals surface area contributed by atoms with E-state index in [0.717, 1.165) is 12.1 Å². The highest BCUT2D eigenvalue weighted by Crippen LogP contribution is 2.44. The average molecular weight is 610 g/mol. The zero-order valence-electron chi connectivity index (χ0n) is 24.1. The molecule has 0 bridgehead atoms. The molecule has 0 spiro atoms. The Kier molecular flexibility index (Phi) is 9.74. The lowest BCUT2D eigenvalue weighted by Crippen LogP contribution is -2.38. The molecule has 230 valence electrons. The second kappa shape index (κ2) is 12.9. The predicted molar refractivity (Wildman–Crippen MR) is 150 cm³/mol. The van der Waals surface area contributed by atoms with Crippen molar-refractivity contribution in [3.63, 3.8) is 0 Å². The first-order valence-corrected chi connectivity index (χ1v) is 14.9. The number of nitrogen functional groups attached to an aromatic ring is 1. The van der Waals surface area contributed by atoms with Crippen molar-refractivity contribution < 1.29 is 36.0 Å². The van der Waals surface area contributed by atoms with E-state index in [1.54, 1.807) is 23.1 Å². The fraction of sp³-hybridized carbons (Fsp3) is 0.538. The standard InChI is InChI=1S/C20H21FN6O7S.C6H15N/c1-20(2)33-14-12(7-31-35(29,30)26-18(28)10-5-3-4-6-11(10)21)32-19(15(14)34-20)27-9-25-13-16(22)23-8-24-17(13)27;1-4-7(5-2)6-3/h3-6,8-9,12,14-15,19H,7H2,1-2H3,(H,26,28)(H2,22,23,24);4-6H2,1-3H3/t12-,14-,15-,19-;/m1./s1. The molecule has 0 radical (unpaired) electrons. The first-order valence-electron chi connectivity index (χ1n) is 13.5. The number of rotatable bonds is 9. The van der Waals surface area contributed by atoms with Crippen LogP contribution < -0.4 is 10.5 Å². The molecular weight excluding hydrogens is 573 g/mol. The van der Waals surface area contributed by atoms with Crippen LogP contribution in [-0.4, -0.2) is 89.1 Å². The van der Waals surface area contributed by atoms with E-state index in [-0.39, 0.29) is 5.82 Å². The minimum absolute atomic E-state index is 0.184. The molecule has 2 aromatic heterocycles. The van der Waals surface area contributed by atoms with Crippen LogP contribution in [0.4, 0.5) is 10.2 Å². The third kappa shape index (κ3) is 7.02. The molecule has 0 aliphatic carbocycles. The third-order valence-electron chi connectivity index (χ3n) is 6.85. The average Bonchev–Trinajstić information content (AvgIpc) is 3.60. The molecule has 14 nitrogen and oxygen atoms in total. The fourth-order valence-corrected chi connectivity index (χ4v) is 5.45. The van der Waals surface area contributed by atoms with Gasteiger partial charge in [0.15, 0.2) is 23.5 Å². The first-order chi connectivity index (χ1) is 19.9. The van der Waals surface area contributed by atoms with E-state index >= 15 is 0 Å². The van der Waals surface area contributed by atoms with Gasteiger partial charge in [-0.25, -0.2) is 24.1 Å². The lowest BCUT2D eigenvalue weighted by atomic mass is 10.1. The van der Waals surface area contributed by atoms with E-state index in [0.29, 0.717) is 11.2 Å². The Labute approximate surface area is 243 Å². The fourth-order valence-electron chi connectivity index (χ4n) is 4.74. The van der Waals surface area contributed by atoms with Gasteiger partial charge >= 0.3 is 10.3 Å². The van der Waals surface area contributed by atoms with Gasteiger partial charge in [0, 0.05) is 0 Å². The summed E-state index contributed by atoms with van der Waals surface area (Å²) in [5.74, 6) is -2.85. The van der Waals surface area contributed by atoms with Crippen LogP contribution in [-0.2, 0) is 28.7 Å². The van der Waals surface area contributed by atoms with E-state index in [1.165, 1.54) is 44.4 Å². The number of carbonyl (C=O) groups is 1. The minimum Gasteiger partial charge on any atom is -0.382 e. The molecule has 2 aliphatic heterocycles. The number of imidazole rings is 1. The SMILES string of the molecule is CC1(C)O[C@@H]2[C@H](O1)[C@@H](COS(=O)(=O)NC(=O)c1ccccc1F)O[C@H]2n1cnc2c(N)ncnc21.CCN(CC)CC. The van der Waals surface area contributed by atoms with Crippen molar-refractivity contribution in [1.82, 2.24) is 29.1 Å². The summed E-state index contributed by atoms with van der Waals surface area (Å²) < 4.78 is 64.8. The van der Waals surface area contributed by atoms with Gasteiger partial charge in [0.25, 0.3) is 5.91 Å². The molecule has 16 heteroatoms. The van der Waals surface area contributed by atoms with Gasteiger partial charge in [-0.15, -0.1) is 0 Å². The molecule has 1 amide bonds. The number of hydrogen-bond donors (Lipinski definition) is 2. The minimum atomic E-state index is -4.60. The summed E-state index contributed by atoms with van der Waals surface area (Å²) in [7, 11) is -4.60. The Morgan fingerprint density at radius 2 is 1.79 bits per heavy atom. The molecule has 1 aromatic carbocycles. The molecule has 2 aliphatic rings. The number of nitrogens with zero attached hydrogens (tertiary/aromatic N) is 5. The molecular formula is C26H36FN7O7S. The lowest BCUT2D eigenvalue weighted by molar-refractivity contribution is -0.198. The number of benzene rings is 1. The summed E-state index contributed by atoms with van der Waals surface area (Å²) in [4.78, 5) is 26.9. The van der Waals surface area contributed by atoms with Crippen molar-refractivity contribution in [3.8, 4) is 0 Å². The highest BCUT2D eigenvalue weighted by atomic mass is 32.2. The van der Waals surface area contributed by atoms with Crippen LogP contribution in [0.15, 0.2) is 36.9 Å². The van der Waals surface area contributed by atoms with E-state index < -0.39 is 64.5 Å². The Morgan fingerprint density at radius 3 is 2.43 bits per heavy atom.